The van der Waals surface area contributed by atoms with Crippen LogP contribution in [0.25, 0.3) is 10.9 Å². The average molecular weight is 321 g/mol. The molecule has 0 aliphatic rings. The number of aromatic nitrogens is 2. The van der Waals surface area contributed by atoms with Crippen molar-refractivity contribution in [1.29, 1.82) is 0 Å². The van der Waals surface area contributed by atoms with E-state index >= 15 is 0 Å². The number of hydrogen-bond acceptors (Lipinski definition) is 2. The summed E-state index contributed by atoms with van der Waals surface area (Å²) in [7, 11) is 0. The fraction of sp³-hybridized carbons (Fsp3) is 0.0667. The van der Waals surface area contributed by atoms with E-state index in [4.69, 9.17) is 28.3 Å². The first-order valence-electron chi connectivity index (χ1n) is 6.17. The quantitative estimate of drug-likeness (QED) is 0.790. The number of aromatic carboxylic acids is 1. The van der Waals surface area contributed by atoms with Crippen molar-refractivity contribution >= 4 is 40.1 Å². The lowest BCUT2D eigenvalue weighted by atomic mass is 10.2. The Kier molecular flexibility index (Phi) is 3.57. The summed E-state index contributed by atoms with van der Waals surface area (Å²) in [6.07, 6.45) is 3.42. The highest BCUT2D eigenvalue weighted by molar-refractivity contribution is 6.42. The molecule has 0 saturated carbocycles. The van der Waals surface area contributed by atoms with E-state index in [0.29, 0.717) is 16.6 Å². The molecule has 0 atom stereocenters. The maximum atomic E-state index is 10.9. The van der Waals surface area contributed by atoms with Crippen LogP contribution in [-0.2, 0) is 6.54 Å². The zero-order valence-corrected chi connectivity index (χ0v) is 12.3. The monoisotopic (exact) mass is 320 g/mol. The fourth-order valence-electron chi connectivity index (χ4n) is 2.20. The Morgan fingerprint density at radius 3 is 2.86 bits per heavy atom. The molecule has 0 aliphatic heterocycles. The van der Waals surface area contributed by atoms with Crippen molar-refractivity contribution < 1.29 is 9.90 Å². The minimum absolute atomic E-state index is 0.0287. The Balaban J connectivity index is 2.02. The van der Waals surface area contributed by atoms with Gasteiger partial charge < -0.3 is 9.67 Å². The average Bonchev–Trinajstić information content (AvgIpc) is 2.86. The molecule has 106 valence electrons. The maximum absolute atomic E-state index is 10.9. The van der Waals surface area contributed by atoms with Gasteiger partial charge in [0.05, 0.1) is 21.8 Å². The second-order valence-corrected chi connectivity index (χ2v) is 5.38. The molecule has 6 heteroatoms. The Morgan fingerprint density at radius 2 is 2.10 bits per heavy atom. The standard InChI is InChI=1S/C15H10Cl2N2O2/c16-11-3-1-2-10(14(11)17)8-19-5-4-9-6-12(15(20)21)18-7-13(9)19/h1-7H,8H2,(H,20,21). The van der Waals surface area contributed by atoms with Gasteiger partial charge in [-0.2, -0.15) is 0 Å². The SMILES string of the molecule is O=C(O)c1cc2ccn(Cc3cccc(Cl)c3Cl)c2cn1. The number of rotatable bonds is 3. The third kappa shape index (κ3) is 2.60. The van der Waals surface area contributed by atoms with Gasteiger partial charge >= 0.3 is 5.97 Å². The number of pyridine rings is 1. The van der Waals surface area contributed by atoms with Crippen molar-refractivity contribution in [2.45, 2.75) is 6.54 Å². The molecular formula is C15H10Cl2N2O2. The van der Waals surface area contributed by atoms with E-state index in [1.165, 1.54) is 0 Å². The molecule has 0 radical (unpaired) electrons. The van der Waals surface area contributed by atoms with Crippen LogP contribution in [0.4, 0.5) is 0 Å². The van der Waals surface area contributed by atoms with Gasteiger partial charge in [-0.1, -0.05) is 35.3 Å². The maximum Gasteiger partial charge on any atom is 0.354 e. The van der Waals surface area contributed by atoms with Crippen LogP contribution < -0.4 is 0 Å². The minimum atomic E-state index is -1.04. The van der Waals surface area contributed by atoms with E-state index in [0.717, 1.165) is 16.5 Å². The summed E-state index contributed by atoms with van der Waals surface area (Å²) < 4.78 is 1.95. The summed E-state index contributed by atoms with van der Waals surface area (Å²) in [5.74, 6) is -1.04. The van der Waals surface area contributed by atoms with Crippen molar-refractivity contribution in [2.75, 3.05) is 0 Å². The molecular weight excluding hydrogens is 311 g/mol. The first-order chi connectivity index (χ1) is 10.1. The summed E-state index contributed by atoms with van der Waals surface area (Å²) in [4.78, 5) is 14.9. The number of fused-ring (bicyclic) bond motifs is 1. The third-order valence-electron chi connectivity index (χ3n) is 3.25. The van der Waals surface area contributed by atoms with Gasteiger partial charge in [0, 0.05) is 18.1 Å². The van der Waals surface area contributed by atoms with Crippen LogP contribution in [0.3, 0.4) is 0 Å². The number of carboxylic acids is 1. The highest BCUT2D eigenvalue weighted by Gasteiger charge is 2.10. The van der Waals surface area contributed by atoms with Gasteiger partial charge in [-0.3, -0.25) is 0 Å². The molecule has 1 aromatic carbocycles. The molecule has 1 N–H and O–H groups in total. The second kappa shape index (κ2) is 5.39. The summed E-state index contributed by atoms with van der Waals surface area (Å²) in [6.45, 7) is 0.539. The van der Waals surface area contributed by atoms with Crippen LogP contribution in [0.2, 0.25) is 10.0 Å². The summed E-state index contributed by atoms with van der Waals surface area (Å²) in [6, 6.07) is 8.88. The highest BCUT2D eigenvalue weighted by atomic mass is 35.5. The van der Waals surface area contributed by atoms with Gasteiger partial charge in [0.15, 0.2) is 0 Å². The molecule has 0 fully saturated rings. The minimum Gasteiger partial charge on any atom is -0.477 e. The second-order valence-electron chi connectivity index (χ2n) is 4.59. The molecule has 3 rings (SSSR count). The molecule has 3 aromatic rings. The first-order valence-corrected chi connectivity index (χ1v) is 6.93. The largest absolute Gasteiger partial charge is 0.477 e. The van der Waals surface area contributed by atoms with Crippen LogP contribution >= 0.6 is 23.2 Å². The van der Waals surface area contributed by atoms with Gasteiger partial charge in [0.1, 0.15) is 5.69 Å². The molecule has 0 amide bonds. The molecule has 0 saturated heterocycles. The van der Waals surface area contributed by atoms with E-state index < -0.39 is 5.97 Å². The van der Waals surface area contributed by atoms with Crippen molar-refractivity contribution in [3.05, 3.63) is 64.0 Å². The number of halogens is 2. The Hall–Kier alpha value is -2.04. The van der Waals surface area contributed by atoms with Crippen LogP contribution in [0.1, 0.15) is 16.1 Å². The van der Waals surface area contributed by atoms with Crippen molar-refractivity contribution in [3.63, 3.8) is 0 Å². The van der Waals surface area contributed by atoms with E-state index in [1.54, 1.807) is 18.3 Å². The van der Waals surface area contributed by atoms with E-state index in [2.05, 4.69) is 4.98 Å². The molecule has 4 nitrogen and oxygen atoms in total. The zero-order chi connectivity index (χ0) is 15.0. The molecule has 0 spiro atoms. The molecule has 21 heavy (non-hydrogen) atoms. The Bertz CT molecular complexity index is 843. The molecule has 0 bridgehead atoms. The van der Waals surface area contributed by atoms with E-state index in [-0.39, 0.29) is 5.69 Å². The van der Waals surface area contributed by atoms with E-state index in [1.807, 2.05) is 29.0 Å². The number of nitrogens with zero attached hydrogens (tertiary/aromatic N) is 2. The zero-order valence-electron chi connectivity index (χ0n) is 10.8. The van der Waals surface area contributed by atoms with Gasteiger partial charge in [-0.15, -0.1) is 0 Å². The first kappa shape index (κ1) is 13.9. The van der Waals surface area contributed by atoms with Gasteiger partial charge in [0.25, 0.3) is 0 Å². The lowest BCUT2D eigenvalue weighted by molar-refractivity contribution is 0.0690. The smallest absolute Gasteiger partial charge is 0.354 e. The van der Waals surface area contributed by atoms with Crippen LogP contribution in [0.15, 0.2) is 42.7 Å². The normalized spacial score (nSPS) is 11.0. The highest BCUT2D eigenvalue weighted by Crippen LogP contribution is 2.27. The summed E-state index contributed by atoms with van der Waals surface area (Å²) in [5.41, 5.74) is 1.76. The van der Waals surface area contributed by atoms with Crippen LogP contribution in [0, 0.1) is 0 Å². The Morgan fingerprint density at radius 1 is 1.29 bits per heavy atom. The number of carbonyl (C=O) groups is 1. The van der Waals surface area contributed by atoms with Crippen LogP contribution in [-0.4, -0.2) is 20.6 Å². The fourth-order valence-corrected chi connectivity index (χ4v) is 2.58. The van der Waals surface area contributed by atoms with Crippen molar-refractivity contribution in [2.24, 2.45) is 0 Å². The molecule has 0 unspecified atom stereocenters. The number of carboxylic acid groups (broad SMARTS) is 1. The lowest BCUT2D eigenvalue weighted by Crippen LogP contribution is -2.02. The lowest BCUT2D eigenvalue weighted by Gasteiger charge is -2.08. The molecule has 0 aliphatic carbocycles. The summed E-state index contributed by atoms with van der Waals surface area (Å²) in [5, 5.41) is 10.8. The van der Waals surface area contributed by atoms with E-state index in [9.17, 15) is 4.79 Å². The molecule has 2 aromatic heterocycles. The summed E-state index contributed by atoms with van der Waals surface area (Å²) >= 11 is 12.2. The third-order valence-corrected chi connectivity index (χ3v) is 4.11. The topological polar surface area (TPSA) is 55.1 Å². The molecule has 2 heterocycles. The van der Waals surface area contributed by atoms with Gasteiger partial charge in [-0.25, -0.2) is 9.78 Å². The van der Waals surface area contributed by atoms with Gasteiger partial charge in [-0.05, 0) is 23.8 Å². The van der Waals surface area contributed by atoms with Crippen LogP contribution in [0.5, 0.6) is 0 Å². The number of benzene rings is 1. The van der Waals surface area contributed by atoms with Crippen molar-refractivity contribution in [3.8, 4) is 0 Å². The predicted molar refractivity (Wildman–Crippen MR) is 82.3 cm³/mol. The van der Waals surface area contributed by atoms with Crippen molar-refractivity contribution in [1.82, 2.24) is 9.55 Å². The number of hydrogen-bond donors (Lipinski definition) is 1. The van der Waals surface area contributed by atoms with Gasteiger partial charge in [0.2, 0.25) is 0 Å². The predicted octanol–water partition coefficient (Wildman–Crippen LogP) is 4.09. The Labute approximate surface area is 130 Å².